The molecule has 0 saturated heterocycles. The van der Waals surface area contributed by atoms with Crippen molar-refractivity contribution >= 4 is 11.7 Å². The lowest BCUT2D eigenvalue weighted by molar-refractivity contribution is 0.0822. The first-order chi connectivity index (χ1) is 9.49. The van der Waals surface area contributed by atoms with Gasteiger partial charge in [0.1, 0.15) is 17.8 Å². The monoisotopic (exact) mass is 274 g/mol. The highest BCUT2D eigenvalue weighted by molar-refractivity contribution is 5.92. The molecule has 106 valence electrons. The van der Waals surface area contributed by atoms with Crippen LogP contribution >= 0.6 is 0 Å². The molecule has 0 atom stereocenters. The highest BCUT2D eigenvalue weighted by atomic mass is 16.2. The average Bonchev–Trinajstić information content (AvgIpc) is 2.83. The molecule has 1 amide bonds. The van der Waals surface area contributed by atoms with Crippen molar-refractivity contribution in [3.05, 3.63) is 36.0 Å². The molecule has 2 heterocycles. The fourth-order valence-corrected chi connectivity index (χ4v) is 1.73. The zero-order valence-corrected chi connectivity index (χ0v) is 12.1. The lowest BCUT2D eigenvalue weighted by Gasteiger charge is -2.18. The minimum absolute atomic E-state index is 0.112. The zero-order chi connectivity index (χ0) is 14.7. The van der Waals surface area contributed by atoms with Crippen molar-refractivity contribution in [2.45, 2.75) is 6.54 Å². The van der Waals surface area contributed by atoms with Gasteiger partial charge in [0.25, 0.3) is 5.91 Å². The van der Waals surface area contributed by atoms with E-state index in [0.29, 0.717) is 12.2 Å². The van der Waals surface area contributed by atoms with Crippen LogP contribution in [0.1, 0.15) is 16.3 Å². The van der Waals surface area contributed by atoms with Gasteiger partial charge in [0.2, 0.25) is 0 Å². The molecule has 0 N–H and O–H groups in total. The normalized spacial score (nSPS) is 10.4. The Kier molecular flexibility index (Phi) is 3.97. The molecule has 0 unspecified atom stereocenters. The number of pyridine rings is 1. The fraction of sp³-hybridized carbons (Fsp3) is 0.385. The van der Waals surface area contributed by atoms with E-state index < -0.39 is 0 Å². The molecule has 0 bridgehead atoms. The molecular formula is C13H18N6O. The molecule has 2 aromatic rings. The van der Waals surface area contributed by atoms with Gasteiger partial charge in [-0.1, -0.05) is 6.07 Å². The first kappa shape index (κ1) is 14.0. The van der Waals surface area contributed by atoms with Crippen LogP contribution < -0.4 is 4.90 Å². The third-order valence-corrected chi connectivity index (χ3v) is 2.93. The van der Waals surface area contributed by atoms with Gasteiger partial charge < -0.3 is 14.4 Å². The number of hydrogen-bond donors (Lipinski definition) is 0. The third kappa shape index (κ3) is 2.93. The predicted molar refractivity (Wildman–Crippen MR) is 75.4 cm³/mol. The molecule has 2 aromatic heterocycles. The quantitative estimate of drug-likeness (QED) is 0.814. The number of nitrogens with zero attached hydrogens (tertiary/aromatic N) is 6. The van der Waals surface area contributed by atoms with Crippen LogP contribution in [-0.4, -0.2) is 51.7 Å². The molecule has 0 fully saturated rings. The van der Waals surface area contributed by atoms with Gasteiger partial charge in [-0.15, -0.1) is 10.2 Å². The highest BCUT2D eigenvalue weighted by Crippen LogP contribution is 2.13. The molecule has 0 saturated carbocycles. The van der Waals surface area contributed by atoms with E-state index in [1.54, 1.807) is 26.5 Å². The van der Waals surface area contributed by atoms with Gasteiger partial charge in [-0.05, 0) is 12.1 Å². The van der Waals surface area contributed by atoms with Crippen molar-refractivity contribution in [3.63, 3.8) is 0 Å². The number of anilines is 1. The second-order valence-electron chi connectivity index (χ2n) is 4.79. The van der Waals surface area contributed by atoms with Gasteiger partial charge in [0.05, 0.1) is 6.54 Å². The Hall–Kier alpha value is -2.44. The Labute approximate surface area is 117 Å². The van der Waals surface area contributed by atoms with Crippen LogP contribution in [0.25, 0.3) is 0 Å². The number of carbonyl (C=O) groups is 1. The summed E-state index contributed by atoms with van der Waals surface area (Å²) in [4.78, 5) is 19.7. The smallest absolute Gasteiger partial charge is 0.272 e. The van der Waals surface area contributed by atoms with Gasteiger partial charge in [-0.2, -0.15) is 0 Å². The van der Waals surface area contributed by atoms with Crippen molar-refractivity contribution in [2.75, 3.05) is 26.0 Å². The summed E-state index contributed by atoms with van der Waals surface area (Å²) in [5, 5.41) is 7.88. The first-order valence-electron chi connectivity index (χ1n) is 6.21. The Morgan fingerprint density at radius 1 is 1.30 bits per heavy atom. The van der Waals surface area contributed by atoms with Crippen LogP contribution in [0.3, 0.4) is 0 Å². The van der Waals surface area contributed by atoms with E-state index in [1.165, 1.54) is 4.90 Å². The summed E-state index contributed by atoms with van der Waals surface area (Å²) < 4.78 is 1.85. The van der Waals surface area contributed by atoms with Gasteiger partial charge in [0.15, 0.2) is 5.82 Å². The molecule has 7 heteroatoms. The standard InChI is InChI=1S/C13H18N6O/c1-17(2)13(20)10-6-5-7-11(15-10)18(3)8-12-16-14-9-19(12)4/h5-7,9H,8H2,1-4H3. The van der Waals surface area contributed by atoms with Crippen molar-refractivity contribution in [1.29, 1.82) is 0 Å². The van der Waals surface area contributed by atoms with Crippen molar-refractivity contribution in [2.24, 2.45) is 7.05 Å². The number of rotatable bonds is 4. The zero-order valence-electron chi connectivity index (χ0n) is 12.1. The van der Waals surface area contributed by atoms with E-state index in [9.17, 15) is 4.79 Å². The van der Waals surface area contributed by atoms with Crippen LogP contribution in [0.15, 0.2) is 24.5 Å². The second kappa shape index (κ2) is 5.68. The predicted octanol–water partition coefficient (Wildman–Crippen LogP) is 0.548. The maximum Gasteiger partial charge on any atom is 0.272 e. The van der Waals surface area contributed by atoms with E-state index >= 15 is 0 Å². The minimum atomic E-state index is -0.112. The van der Waals surface area contributed by atoms with Crippen LogP contribution in [0.5, 0.6) is 0 Å². The fourth-order valence-electron chi connectivity index (χ4n) is 1.73. The van der Waals surface area contributed by atoms with E-state index in [1.807, 2.05) is 35.7 Å². The maximum absolute atomic E-state index is 11.9. The van der Waals surface area contributed by atoms with E-state index in [-0.39, 0.29) is 5.91 Å². The van der Waals surface area contributed by atoms with Crippen LogP contribution in [0, 0.1) is 0 Å². The summed E-state index contributed by atoms with van der Waals surface area (Å²) in [6.07, 6.45) is 1.66. The van der Waals surface area contributed by atoms with Gasteiger partial charge in [-0.3, -0.25) is 4.79 Å². The summed E-state index contributed by atoms with van der Waals surface area (Å²) in [5.74, 6) is 1.44. The van der Waals surface area contributed by atoms with Gasteiger partial charge in [-0.25, -0.2) is 4.98 Å². The molecule has 0 aliphatic heterocycles. The molecule has 0 spiro atoms. The van der Waals surface area contributed by atoms with E-state index in [0.717, 1.165) is 11.6 Å². The van der Waals surface area contributed by atoms with Gasteiger partial charge in [0, 0.05) is 28.2 Å². The molecule has 20 heavy (non-hydrogen) atoms. The molecule has 0 aliphatic carbocycles. The number of amides is 1. The summed E-state index contributed by atoms with van der Waals surface area (Å²) in [7, 11) is 7.21. The SMILES string of the molecule is CN(C)C(=O)c1cccc(N(C)Cc2nncn2C)n1. The number of aromatic nitrogens is 4. The number of aryl methyl sites for hydroxylation is 1. The summed E-state index contributed by atoms with van der Waals surface area (Å²) >= 11 is 0. The Bertz CT molecular complexity index is 606. The Balaban J connectivity index is 2.18. The van der Waals surface area contributed by atoms with Crippen molar-refractivity contribution in [1.82, 2.24) is 24.6 Å². The molecule has 7 nitrogen and oxygen atoms in total. The van der Waals surface area contributed by atoms with E-state index in [4.69, 9.17) is 0 Å². The molecule has 0 aliphatic rings. The lowest BCUT2D eigenvalue weighted by atomic mass is 10.3. The van der Waals surface area contributed by atoms with E-state index in [2.05, 4.69) is 15.2 Å². The molecule has 2 rings (SSSR count). The highest BCUT2D eigenvalue weighted by Gasteiger charge is 2.13. The van der Waals surface area contributed by atoms with Crippen LogP contribution in [0.2, 0.25) is 0 Å². The summed E-state index contributed by atoms with van der Waals surface area (Å²) in [6.45, 7) is 0.573. The largest absolute Gasteiger partial charge is 0.352 e. The lowest BCUT2D eigenvalue weighted by Crippen LogP contribution is -2.25. The Morgan fingerprint density at radius 2 is 2.05 bits per heavy atom. The number of carbonyl (C=O) groups excluding carboxylic acids is 1. The van der Waals surface area contributed by atoms with Crippen molar-refractivity contribution in [3.8, 4) is 0 Å². The third-order valence-electron chi connectivity index (χ3n) is 2.93. The maximum atomic E-state index is 11.9. The molecular weight excluding hydrogens is 256 g/mol. The summed E-state index contributed by atoms with van der Waals surface area (Å²) in [6, 6.07) is 5.40. The average molecular weight is 274 g/mol. The van der Waals surface area contributed by atoms with Gasteiger partial charge >= 0.3 is 0 Å². The van der Waals surface area contributed by atoms with Crippen LogP contribution in [0.4, 0.5) is 5.82 Å². The second-order valence-corrected chi connectivity index (χ2v) is 4.79. The minimum Gasteiger partial charge on any atom is -0.352 e. The molecule has 0 aromatic carbocycles. The number of hydrogen-bond acceptors (Lipinski definition) is 5. The van der Waals surface area contributed by atoms with Crippen molar-refractivity contribution < 1.29 is 4.79 Å². The van der Waals surface area contributed by atoms with Crippen LogP contribution in [-0.2, 0) is 13.6 Å². The topological polar surface area (TPSA) is 67.2 Å². The Morgan fingerprint density at radius 3 is 2.65 bits per heavy atom. The summed E-state index contributed by atoms with van der Waals surface area (Å²) in [5.41, 5.74) is 0.428. The molecule has 0 radical (unpaired) electrons. The first-order valence-corrected chi connectivity index (χ1v) is 6.21.